The number of hydrogen-bond donors (Lipinski definition) is 2. The minimum Gasteiger partial charge on any atom is -0.416 e. The van der Waals surface area contributed by atoms with E-state index in [1.165, 1.54) is 0 Å². The average Bonchev–Trinajstić information content (AvgIpc) is 3.05. The Bertz CT molecular complexity index is 683. The fourth-order valence-electron chi connectivity index (χ4n) is 1.60. The maximum Gasteiger partial charge on any atom is 0.321 e. The third-order valence-corrected chi connectivity index (χ3v) is 4.09. The molecule has 0 bridgehead atoms. The van der Waals surface area contributed by atoms with Gasteiger partial charge in [0.05, 0.1) is 22.9 Å². The lowest BCUT2D eigenvalue weighted by Gasteiger charge is -2.08. The molecule has 0 saturated carbocycles. The smallest absolute Gasteiger partial charge is 0.321 e. The van der Waals surface area contributed by atoms with Crippen molar-refractivity contribution in [2.24, 2.45) is 0 Å². The minimum atomic E-state index is -0.518. The highest BCUT2D eigenvalue weighted by molar-refractivity contribution is 7.99. The van der Waals surface area contributed by atoms with Crippen molar-refractivity contribution in [3.8, 4) is 0 Å². The largest absolute Gasteiger partial charge is 0.416 e. The summed E-state index contributed by atoms with van der Waals surface area (Å²) in [5.74, 6) is 0.0296. The van der Waals surface area contributed by atoms with Crippen LogP contribution in [0.1, 0.15) is 30.4 Å². The van der Waals surface area contributed by atoms with Crippen molar-refractivity contribution in [2.75, 3.05) is 5.75 Å². The Morgan fingerprint density at radius 2 is 2.17 bits per heavy atom. The van der Waals surface area contributed by atoms with Crippen LogP contribution in [0.15, 0.2) is 15.0 Å². The predicted octanol–water partition coefficient (Wildman–Crippen LogP) is 1.75. The van der Waals surface area contributed by atoms with Crippen LogP contribution in [0.25, 0.3) is 0 Å². The second-order valence-corrected chi connectivity index (χ2v) is 6.95. The SMILES string of the molecule is Cc1nc(Cc2nnc(SCC(=O)NC(=O)NC(C)C)o2)cs1. The monoisotopic (exact) mass is 355 g/mol. The van der Waals surface area contributed by atoms with Gasteiger partial charge in [0, 0.05) is 11.4 Å². The predicted molar refractivity (Wildman–Crippen MR) is 86.5 cm³/mol. The summed E-state index contributed by atoms with van der Waals surface area (Å²) in [6.45, 7) is 5.54. The van der Waals surface area contributed by atoms with Gasteiger partial charge in [-0.2, -0.15) is 0 Å². The zero-order valence-corrected chi connectivity index (χ0v) is 14.6. The van der Waals surface area contributed by atoms with Crippen molar-refractivity contribution < 1.29 is 14.0 Å². The number of nitrogens with zero attached hydrogens (tertiary/aromatic N) is 3. The van der Waals surface area contributed by atoms with E-state index in [0.29, 0.717) is 12.3 Å². The third-order valence-electron chi connectivity index (χ3n) is 2.45. The number of aryl methyl sites for hydroxylation is 1. The number of hydrogen-bond acceptors (Lipinski definition) is 8. The van der Waals surface area contributed by atoms with E-state index in [2.05, 4.69) is 25.8 Å². The first kappa shape index (κ1) is 17.4. The van der Waals surface area contributed by atoms with Gasteiger partial charge in [0.25, 0.3) is 5.22 Å². The first-order valence-corrected chi connectivity index (χ1v) is 8.75. The van der Waals surface area contributed by atoms with Crippen LogP contribution in [0.5, 0.6) is 0 Å². The number of rotatable bonds is 6. The van der Waals surface area contributed by atoms with E-state index in [1.807, 2.05) is 26.2 Å². The molecule has 3 amide bonds. The van der Waals surface area contributed by atoms with Crippen molar-refractivity contribution in [1.82, 2.24) is 25.8 Å². The van der Waals surface area contributed by atoms with E-state index in [9.17, 15) is 9.59 Å². The summed E-state index contributed by atoms with van der Waals surface area (Å²) in [5, 5.41) is 15.8. The molecule has 0 aromatic carbocycles. The molecule has 0 aliphatic carbocycles. The Hall–Kier alpha value is -1.94. The summed E-state index contributed by atoms with van der Waals surface area (Å²) in [7, 11) is 0. The van der Waals surface area contributed by atoms with Gasteiger partial charge in [-0.3, -0.25) is 10.1 Å². The molecule has 0 unspecified atom stereocenters. The van der Waals surface area contributed by atoms with E-state index < -0.39 is 11.9 Å². The molecule has 0 aliphatic heterocycles. The lowest BCUT2D eigenvalue weighted by Crippen LogP contribution is -2.43. The summed E-state index contributed by atoms with van der Waals surface area (Å²) in [6, 6.07) is -0.556. The molecule has 23 heavy (non-hydrogen) atoms. The normalized spacial score (nSPS) is 10.8. The van der Waals surface area contributed by atoms with Crippen molar-refractivity contribution in [3.63, 3.8) is 0 Å². The number of aromatic nitrogens is 3. The Labute approximate surface area is 141 Å². The summed E-state index contributed by atoms with van der Waals surface area (Å²) in [4.78, 5) is 27.3. The van der Waals surface area contributed by atoms with Gasteiger partial charge in [-0.25, -0.2) is 9.78 Å². The zero-order chi connectivity index (χ0) is 16.8. The van der Waals surface area contributed by atoms with Gasteiger partial charge in [0.15, 0.2) is 0 Å². The lowest BCUT2D eigenvalue weighted by atomic mass is 10.3. The molecule has 0 saturated heterocycles. The number of nitrogens with one attached hydrogen (secondary N) is 2. The third kappa shape index (κ3) is 5.99. The van der Waals surface area contributed by atoms with Gasteiger partial charge in [0.2, 0.25) is 11.8 Å². The van der Waals surface area contributed by atoms with Gasteiger partial charge < -0.3 is 9.73 Å². The molecule has 8 nitrogen and oxygen atoms in total. The summed E-state index contributed by atoms with van der Waals surface area (Å²) in [6.07, 6.45) is 0.459. The topological polar surface area (TPSA) is 110 Å². The summed E-state index contributed by atoms with van der Waals surface area (Å²) in [5.41, 5.74) is 0.871. The first-order chi connectivity index (χ1) is 10.9. The molecule has 2 N–H and O–H groups in total. The number of carbonyl (C=O) groups excluding carboxylic acids is 2. The molecule has 2 aromatic rings. The van der Waals surface area contributed by atoms with Gasteiger partial charge in [-0.05, 0) is 20.8 Å². The van der Waals surface area contributed by atoms with E-state index in [0.717, 1.165) is 22.5 Å². The van der Waals surface area contributed by atoms with Crippen molar-refractivity contribution in [3.05, 3.63) is 22.0 Å². The molecule has 0 aliphatic rings. The van der Waals surface area contributed by atoms with Crippen molar-refractivity contribution in [2.45, 2.75) is 38.5 Å². The molecule has 124 valence electrons. The molecule has 0 atom stereocenters. The Balaban J connectivity index is 1.78. The number of urea groups is 1. The Morgan fingerprint density at radius 3 is 2.83 bits per heavy atom. The number of thiazole rings is 1. The van der Waals surface area contributed by atoms with Crippen LogP contribution in [-0.2, 0) is 11.2 Å². The van der Waals surface area contributed by atoms with Gasteiger partial charge in [-0.15, -0.1) is 21.5 Å². The Morgan fingerprint density at radius 1 is 1.39 bits per heavy atom. The molecule has 0 spiro atoms. The van der Waals surface area contributed by atoms with Crippen LogP contribution in [0.3, 0.4) is 0 Å². The highest BCUT2D eigenvalue weighted by Crippen LogP contribution is 2.18. The van der Waals surface area contributed by atoms with Crippen LogP contribution in [-0.4, -0.2) is 38.9 Å². The second kappa shape index (κ2) is 8.06. The molecule has 0 radical (unpaired) electrons. The fraction of sp³-hybridized carbons (Fsp3) is 0.462. The van der Waals surface area contributed by atoms with Crippen LogP contribution in [0, 0.1) is 6.92 Å². The summed E-state index contributed by atoms with van der Waals surface area (Å²) >= 11 is 2.63. The maximum atomic E-state index is 11.6. The molecule has 0 fully saturated rings. The van der Waals surface area contributed by atoms with Crippen LogP contribution < -0.4 is 10.6 Å². The van der Waals surface area contributed by atoms with E-state index in [4.69, 9.17) is 4.42 Å². The standard InChI is InChI=1S/C13H17N5O3S2/c1-7(2)14-12(20)16-10(19)6-23-13-18-17-11(21-13)4-9-5-22-8(3)15-9/h5,7H,4,6H2,1-3H3,(H2,14,16,19,20). The fourth-order valence-corrected chi connectivity index (χ4v) is 2.79. The number of amides is 3. The molecule has 10 heteroatoms. The van der Waals surface area contributed by atoms with Crippen LogP contribution in [0.2, 0.25) is 0 Å². The van der Waals surface area contributed by atoms with Gasteiger partial charge in [0.1, 0.15) is 0 Å². The average molecular weight is 355 g/mol. The molecule has 2 heterocycles. The molecular weight excluding hydrogens is 338 g/mol. The van der Waals surface area contributed by atoms with E-state index in [-0.39, 0.29) is 17.0 Å². The number of imide groups is 1. The van der Waals surface area contributed by atoms with E-state index >= 15 is 0 Å². The lowest BCUT2D eigenvalue weighted by molar-refractivity contribution is -0.117. The van der Waals surface area contributed by atoms with Crippen LogP contribution >= 0.6 is 23.1 Å². The number of carbonyl (C=O) groups is 2. The first-order valence-electron chi connectivity index (χ1n) is 6.89. The molecule has 2 rings (SSSR count). The maximum absolute atomic E-state index is 11.6. The molecule has 2 aromatic heterocycles. The summed E-state index contributed by atoms with van der Waals surface area (Å²) < 4.78 is 5.44. The highest BCUT2D eigenvalue weighted by atomic mass is 32.2. The van der Waals surface area contributed by atoms with Gasteiger partial charge in [-0.1, -0.05) is 11.8 Å². The van der Waals surface area contributed by atoms with Crippen molar-refractivity contribution in [1.29, 1.82) is 0 Å². The van der Waals surface area contributed by atoms with Crippen molar-refractivity contribution >= 4 is 35.0 Å². The molecular formula is C13H17N5O3S2. The second-order valence-electron chi connectivity index (χ2n) is 4.96. The Kier molecular flexibility index (Phi) is 6.11. The van der Waals surface area contributed by atoms with Gasteiger partial charge >= 0.3 is 6.03 Å². The van der Waals surface area contributed by atoms with Crippen LogP contribution in [0.4, 0.5) is 4.79 Å². The zero-order valence-electron chi connectivity index (χ0n) is 13.0. The van der Waals surface area contributed by atoms with E-state index in [1.54, 1.807) is 11.3 Å². The minimum absolute atomic E-state index is 0.0168. The highest BCUT2D eigenvalue weighted by Gasteiger charge is 2.13. The quantitative estimate of drug-likeness (QED) is 0.760. The number of thioether (sulfide) groups is 1.